The lowest BCUT2D eigenvalue weighted by Gasteiger charge is -2.34. The highest BCUT2D eigenvalue weighted by Gasteiger charge is 2.40. The van der Waals surface area contributed by atoms with Gasteiger partial charge in [0.05, 0.1) is 11.5 Å². The number of rotatable bonds is 3. The van der Waals surface area contributed by atoms with Crippen molar-refractivity contribution < 1.29 is 4.79 Å². The second-order valence-electron chi connectivity index (χ2n) is 7.16. The van der Waals surface area contributed by atoms with Crippen molar-refractivity contribution in [2.45, 2.75) is 31.7 Å². The number of nitriles is 1. The number of hydrogen-bond donors (Lipinski definition) is 1. The predicted octanol–water partition coefficient (Wildman–Crippen LogP) is 1.93. The number of carbonyl (C=O) groups excluding carboxylic acids is 1. The second-order valence-corrected chi connectivity index (χ2v) is 7.16. The molecule has 1 saturated carbocycles. The Bertz CT molecular complexity index is 824. The summed E-state index contributed by atoms with van der Waals surface area (Å²) in [4.78, 5) is 28.1. The van der Waals surface area contributed by atoms with Gasteiger partial charge in [-0.3, -0.25) is 4.79 Å². The van der Waals surface area contributed by atoms with E-state index in [0.29, 0.717) is 17.9 Å². The van der Waals surface area contributed by atoms with Crippen LogP contribution in [0.25, 0.3) is 11.0 Å². The number of likely N-dealkylation sites (tertiary alicyclic amines) is 1. The molecule has 0 bridgehead atoms. The Balaban J connectivity index is 1.48. The molecule has 130 valence electrons. The first-order valence-electron chi connectivity index (χ1n) is 8.83. The quantitative estimate of drug-likeness (QED) is 0.924. The number of fused-ring (bicyclic) bond motifs is 2. The average Bonchev–Trinajstić information content (AvgIpc) is 3.26. The molecule has 25 heavy (non-hydrogen) atoms. The van der Waals surface area contributed by atoms with Gasteiger partial charge in [0.2, 0.25) is 5.91 Å². The summed E-state index contributed by atoms with van der Waals surface area (Å²) in [5, 5.41) is 9.79. The van der Waals surface area contributed by atoms with Gasteiger partial charge >= 0.3 is 0 Å². The van der Waals surface area contributed by atoms with Crippen LogP contribution < -0.4 is 4.90 Å². The zero-order valence-corrected chi connectivity index (χ0v) is 14.4. The number of aromatic nitrogens is 3. The van der Waals surface area contributed by atoms with Crippen LogP contribution in [0, 0.1) is 23.2 Å². The minimum atomic E-state index is -0.0254. The SMILES string of the molecule is CN(c1ncnc2[nH]ccc12)C1CC2CN(C(=O)CC#N)CC[C@H]2C1. The largest absolute Gasteiger partial charge is 0.356 e. The van der Waals surface area contributed by atoms with E-state index in [-0.39, 0.29) is 12.3 Å². The number of nitrogens with one attached hydrogen (secondary N) is 1. The fraction of sp³-hybridized carbons (Fsp3) is 0.556. The van der Waals surface area contributed by atoms with Crippen LogP contribution in [0.4, 0.5) is 5.82 Å². The molecule has 7 heteroatoms. The van der Waals surface area contributed by atoms with E-state index in [4.69, 9.17) is 5.26 Å². The average molecular weight is 338 g/mol. The van der Waals surface area contributed by atoms with Crippen LogP contribution in [-0.4, -0.2) is 51.9 Å². The monoisotopic (exact) mass is 338 g/mol. The van der Waals surface area contributed by atoms with Crippen molar-refractivity contribution in [1.82, 2.24) is 19.9 Å². The first-order valence-corrected chi connectivity index (χ1v) is 8.83. The summed E-state index contributed by atoms with van der Waals surface area (Å²) in [5.74, 6) is 2.12. The predicted molar refractivity (Wildman–Crippen MR) is 93.7 cm³/mol. The molecule has 2 aliphatic rings. The van der Waals surface area contributed by atoms with Crippen LogP contribution in [0.2, 0.25) is 0 Å². The van der Waals surface area contributed by atoms with Crippen molar-refractivity contribution in [2.75, 3.05) is 25.0 Å². The van der Waals surface area contributed by atoms with Crippen LogP contribution in [0.1, 0.15) is 25.7 Å². The van der Waals surface area contributed by atoms with Crippen LogP contribution >= 0.6 is 0 Å². The number of piperidine rings is 1. The molecule has 1 saturated heterocycles. The van der Waals surface area contributed by atoms with Crippen LogP contribution in [0.5, 0.6) is 0 Å². The standard InChI is InChI=1S/C18H22N6O/c1-23(18-15-3-6-20-17(15)21-11-22-18)14-8-12-4-7-24(10-13(12)9-14)16(25)2-5-19/h3,6,11-14H,2,4,7-10H2,1H3,(H,20,21,22)/t12-,13?,14?/m0/s1. The van der Waals surface area contributed by atoms with E-state index in [1.54, 1.807) is 6.33 Å². The molecule has 1 amide bonds. The Labute approximate surface area is 146 Å². The van der Waals surface area contributed by atoms with Gasteiger partial charge in [-0.15, -0.1) is 0 Å². The molecule has 2 aromatic rings. The summed E-state index contributed by atoms with van der Waals surface area (Å²) in [6.07, 6.45) is 6.73. The molecule has 2 fully saturated rings. The molecule has 1 N–H and O–H groups in total. The van der Waals surface area contributed by atoms with E-state index in [1.807, 2.05) is 23.2 Å². The van der Waals surface area contributed by atoms with Gasteiger partial charge < -0.3 is 14.8 Å². The lowest BCUT2D eigenvalue weighted by Crippen LogP contribution is -2.42. The zero-order chi connectivity index (χ0) is 17.4. The number of anilines is 1. The van der Waals surface area contributed by atoms with Crippen molar-refractivity contribution in [1.29, 1.82) is 5.26 Å². The highest BCUT2D eigenvalue weighted by atomic mass is 16.2. The molecule has 3 heterocycles. The molecule has 7 nitrogen and oxygen atoms in total. The summed E-state index contributed by atoms with van der Waals surface area (Å²) in [6.45, 7) is 1.58. The Morgan fingerprint density at radius 3 is 3.12 bits per heavy atom. The Morgan fingerprint density at radius 1 is 1.44 bits per heavy atom. The lowest BCUT2D eigenvalue weighted by atomic mass is 9.88. The third-order valence-corrected chi connectivity index (χ3v) is 5.84. The van der Waals surface area contributed by atoms with Crippen LogP contribution in [0.3, 0.4) is 0 Å². The maximum atomic E-state index is 12.0. The summed E-state index contributed by atoms with van der Waals surface area (Å²) in [5.41, 5.74) is 0.862. The molecule has 0 aromatic carbocycles. The molecule has 0 radical (unpaired) electrons. The molecule has 2 aromatic heterocycles. The van der Waals surface area contributed by atoms with Crippen molar-refractivity contribution >= 4 is 22.8 Å². The second kappa shape index (κ2) is 6.36. The van der Waals surface area contributed by atoms with E-state index in [1.165, 1.54) is 0 Å². The molecule has 2 unspecified atom stereocenters. The number of aromatic amines is 1. The fourth-order valence-corrected chi connectivity index (χ4v) is 4.49. The van der Waals surface area contributed by atoms with Gasteiger partial charge in [0.25, 0.3) is 0 Å². The highest BCUT2D eigenvalue weighted by Crippen LogP contribution is 2.41. The van der Waals surface area contributed by atoms with Gasteiger partial charge in [-0.2, -0.15) is 5.26 Å². The van der Waals surface area contributed by atoms with Crippen molar-refractivity contribution in [3.63, 3.8) is 0 Å². The fourth-order valence-electron chi connectivity index (χ4n) is 4.49. The van der Waals surface area contributed by atoms with E-state index >= 15 is 0 Å². The van der Waals surface area contributed by atoms with Gasteiger partial charge in [-0.25, -0.2) is 9.97 Å². The van der Waals surface area contributed by atoms with Gasteiger partial charge in [0.1, 0.15) is 24.2 Å². The maximum absolute atomic E-state index is 12.0. The third kappa shape index (κ3) is 2.82. The minimum absolute atomic E-state index is 0.00682. The van der Waals surface area contributed by atoms with Gasteiger partial charge in [0.15, 0.2) is 0 Å². The number of amides is 1. The number of hydrogen-bond acceptors (Lipinski definition) is 5. The molecule has 1 aliphatic carbocycles. The summed E-state index contributed by atoms with van der Waals surface area (Å²) in [6, 6.07) is 4.42. The van der Waals surface area contributed by atoms with Crippen molar-refractivity contribution in [3.8, 4) is 6.07 Å². The van der Waals surface area contributed by atoms with Crippen LogP contribution in [0.15, 0.2) is 18.6 Å². The van der Waals surface area contributed by atoms with Gasteiger partial charge in [0, 0.05) is 32.4 Å². The third-order valence-electron chi connectivity index (χ3n) is 5.84. The van der Waals surface area contributed by atoms with Gasteiger partial charge in [-0.05, 0) is 37.2 Å². The first kappa shape index (κ1) is 15.9. The zero-order valence-electron chi connectivity index (χ0n) is 14.4. The van der Waals surface area contributed by atoms with E-state index in [2.05, 4.69) is 26.9 Å². The van der Waals surface area contributed by atoms with E-state index < -0.39 is 0 Å². The first-order chi connectivity index (χ1) is 12.2. The van der Waals surface area contributed by atoms with E-state index in [0.717, 1.165) is 49.2 Å². The summed E-state index contributed by atoms with van der Waals surface area (Å²) in [7, 11) is 2.11. The smallest absolute Gasteiger partial charge is 0.236 e. The molecule has 1 aliphatic heterocycles. The Morgan fingerprint density at radius 2 is 2.28 bits per heavy atom. The number of carbonyl (C=O) groups is 1. The van der Waals surface area contributed by atoms with Crippen molar-refractivity contribution in [2.24, 2.45) is 11.8 Å². The molecule has 3 atom stereocenters. The molecule has 4 rings (SSSR count). The maximum Gasteiger partial charge on any atom is 0.236 e. The van der Waals surface area contributed by atoms with Crippen LogP contribution in [-0.2, 0) is 4.79 Å². The van der Waals surface area contributed by atoms with Gasteiger partial charge in [-0.1, -0.05) is 0 Å². The van der Waals surface area contributed by atoms with E-state index in [9.17, 15) is 4.79 Å². The molecular weight excluding hydrogens is 316 g/mol. The Kier molecular flexibility index (Phi) is 4.04. The topological polar surface area (TPSA) is 88.9 Å². The lowest BCUT2D eigenvalue weighted by molar-refractivity contribution is -0.132. The molecule has 0 spiro atoms. The number of H-pyrrole nitrogens is 1. The summed E-state index contributed by atoms with van der Waals surface area (Å²) >= 11 is 0. The van der Waals surface area contributed by atoms with Crippen molar-refractivity contribution in [3.05, 3.63) is 18.6 Å². The highest BCUT2D eigenvalue weighted by molar-refractivity contribution is 5.87. The normalized spacial score (nSPS) is 25.6. The molecular formula is C18H22N6O. The number of nitrogens with zero attached hydrogens (tertiary/aromatic N) is 5. The minimum Gasteiger partial charge on any atom is -0.356 e. The Hall–Kier alpha value is -2.62. The summed E-state index contributed by atoms with van der Waals surface area (Å²) < 4.78 is 0.